The molecule has 176 valence electrons. The fraction of sp³-hybridized carbons (Fsp3) is 0.273. The Bertz CT molecular complexity index is 1210. The molecule has 1 heterocycles. The zero-order valence-electron chi connectivity index (χ0n) is 18.9. The first kappa shape index (κ1) is 24.7. The number of methoxy groups -OCH3 is 1. The Morgan fingerprint density at radius 1 is 1.06 bits per heavy atom. The maximum absolute atomic E-state index is 11.9. The van der Waals surface area contributed by atoms with Crippen LogP contribution in [0.2, 0.25) is 5.02 Å². The second kappa shape index (κ2) is 10.8. The average molecular weight is 491 g/mol. The van der Waals surface area contributed by atoms with Crippen LogP contribution in [0.15, 0.2) is 42.6 Å². The number of nitrogens with zero attached hydrogens (tertiary/aromatic N) is 2. The Labute approximate surface area is 199 Å². The monoisotopic (exact) mass is 490 g/mol. The molecule has 0 fully saturated rings. The van der Waals surface area contributed by atoms with Gasteiger partial charge >= 0.3 is 0 Å². The molecule has 4 N–H and O–H groups in total. The number of rotatable bonds is 10. The van der Waals surface area contributed by atoms with Crippen LogP contribution >= 0.6 is 11.6 Å². The second-order valence-corrected chi connectivity index (χ2v) is 9.25. The number of aryl methyl sites for hydroxylation is 2. The molecule has 1 aromatic heterocycles. The zero-order valence-corrected chi connectivity index (χ0v) is 20.4. The lowest BCUT2D eigenvalue weighted by molar-refractivity contribution is 0.412. The summed E-state index contributed by atoms with van der Waals surface area (Å²) in [6, 6.07) is 11.1. The molecule has 33 heavy (non-hydrogen) atoms. The quantitative estimate of drug-likeness (QED) is 0.336. The predicted octanol–water partition coefficient (Wildman–Crippen LogP) is 4.19. The summed E-state index contributed by atoms with van der Waals surface area (Å²) in [6.45, 7) is 5.94. The lowest BCUT2D eigenvalue weighted by Crippen LogP contribution is -2.35. The van der Waals surface area contributed by atoms with Gasteiger partial charge in [-0.05, 0) is 43.2 Å². The normalized spacial score (nSPS) is 11.3. The minimum atomic E-state index is -3.56. The molecule has 0 atom stereocenters. The van der Waals surface area contributed by atoms with E-state index in [1.807, 2.05) is 44.2 Å². The van der Waals surface area contributed by atoms with E-state index in [-0.39, 0.29) is 6.54 Å². The van der Waals surface area contributed by atoms with Gasteiger partial charge in [0.05, 0.1) is 12.1 Å². The minimum absolute atomic E-state index is 0.122. The molecule has 3 aromatic rings. The maximum Gasteiger partial charge on any atom is 0.277 e. The largest absolute Gasteiger partial charge is 0.495 e. The standard InChI is InChI=1S/C22H27ClN6O3S/c1-5-25-33(30,31)26-13-16-8-6-7-9-19(16)28-21-15(3)12-24-22(29-21)27-17-10-14(2)20(32-4)18(23)11-17/h6-12,25-26H,5,13H2,1-4H3,(H2,24,27,28,29). The molecule has 0 amide bonds. The lowest BCUT2D eigenvalue weighted by Gasteiger charge is -2.15. The molecule has 0 bridgehead atoms. The molecule has 0 saturated heterocycles. The average Bonchev–Trinajstić information content (AvgIpc) is 2.75. The van der Waals surface area contributed by atoms with Gasteiger partial charge in [-0.15, -0.1) is 0 Å². The van der Waals surface area contributed by atoms with Crippen LogP contribution in [-0.4, -0.2) is 32.0 Å². The lowest BCUT2D eigenvalue weighted by atomic mass is 10.1. The molecule has 0 spiro atoms. The zero-order chi connectivity index (χ0) is 24.0. The van der Waals surface area contributed by atoms with Gasteiger partial charge in [-0.1, -0.05) is 36.7 Å². The Kier molecular flexibility index (Phi) is 8.09. The predicted molar refractivity (Wildman–Crippen MR) is 132 cm³/mol. The molecule has 2 aromatic carbocycles. The Morgan fingerprint density at radius 3 is 2.52 bits per heavy atom. The van der Waals surface area contributed by atoms with E-state index in [1.165, 1.54) is 0 Å². The van der Waals surface area contributed by atoms with E-state index in [9.17, 15) is 8.42 Å². The van der Waals surface area contributed by atoms with Gasteiger partial charge in [-0.2, -0.15) is 18.1 Å². The Balaban J connectivity index is 1.81. The summed E-state index contributed by atoms with van der Waals surface area (Å²) < 4.78 is 34.1. The van der Waals surface area contributed by atoms with Crippen molar-refractivity contribution in [2.45, 2.75) is 27.3 Å². The van der Waals surface area contributed by atoms with Crippen molar-refractivity contribution in [2.75, 3.05) is 24.3 Å². The van der Waals surface area contributed by atoms with Crippen LogP contribution in [0.25, 0.3) is 0 Å². The van der Waals surface area contributed by atoms with Crippen molar-refractivity contribution < 1.29 is 13.2 Å². The van der Waals surface area contributed by atoms with E-state index in [2.05, 4.69) is 30.0 Å². The van der Waals surface area contributed by atoms with E-state index in [0.29, 0.717) is 29.1 Å². The summed E-state index contributed by atoms with van der Waals surface area (Å²) in [6.07, 6.45) is 1.70. The van der Waals surface area contributed by atoms with Crippen LogP contribution in [0.5, 0.6) is 5.75 Å². The third kappa shape index (κ3) is 6.55. The molecule has 0 unspecified atom stereocenters. The third-order valence-corrected chi connectivity index (χ3v) is 6.19. The summed E-state index contributed by atoms with van der Waals surface area (Å²) >= 11 is 6.29. The van der Waals surface area contributed by atoms with Crippen molar-refractivity contribution in [3.05, 3.63) is 64.3 Å². The van der Waals surface area contributed by atoms with E-state index in [4.69, 9.17) is 16.3 Å². The number of ether oxygens (including phenoxy) is 1. The van der Waals surface area contributed by atoms with Gasteiger partial charge in [0, 0.05) is 36.2 Å². The van der Waals surface area contributed by atoms with Gasteiger partial charge in [-0.25, -0.2) is 9.71 Å². The first-order valence-corrected chi connectivity index (χ1v) is 12.1. The fourth-order valence-corrected chi connectivity index (χ4v) is 4.33. The van der Waals surface area contributed by atoms with Crippen molar-refractivity contribution in [1.82, 2.24) is 19.4 Å². The molecule has 0 radical (unpaired) electrons. The Morgan fingerprint density at radius 2 is 1.82 bits per heavy atom. The smallest absolute Gasteiger partial charge is 0.277 e. The maximum atomic E-state index is 11.9. The highest BCUT2D eigenvalue weighted by Gasteiger charge is 2.12. The molecule has 11 heteroatoms. The number of hydrogen-bond acceptors (Lipinski definition) is 7. The van der Waals surface area contributed by atoms with Gasteiger partial charge in [-0.3, -0.25) is 0 Å². The number of aromatic nitrogens is 2. The highest BCUT2D eigenvalue weighted by atomic mass is 35.5. The molecule has 0 aliphatic heterocycles. The fourth-order valence-electron chi connectivity index (χ4n) is 3.16. The summed E-state index contributed by atoms with van der Waals surface area (Å²) in [4.78, 5) is 8.94. The summed E-state index contributed by atoms with van der Waals surface area (Å²) in [5.74, 6) is 1.59. The van der Waals surface area contributed by atoms with E-state index in [1.54, 1.807) is 26.3 Å². The minimum Gasteiger partial charge on any atom is -0.495 e. The van der Waals surface area contributed by atoms with Crippen molar-refractivity contribution in [3.8, 4) is 5.75 Å². The summed E-state index contributed by atoms with van der Waals surface area (Å²) in [7, 11) is -1.99. The van der Waals surface area contributed by atoms with Gasteiger partial charge in [0.25, 0.3) is 10.2 Å². The van der Waals surface area contributed by atoms with E-state index < -0.39 is 10.2 Å². The first-order chi connectivity index (χ1) is 15.7. The molecule has 9 nitrogen and oxygen atoms in total. The Hall–Kier alpha value is -2.92. The van der Waals surface area contributed by atoms with Crippen molar-refractivity contribution in [2.24, 2.45) is 0 Å². The van der Waals surface area contributed by atoms with E-state index >= 15 is 0 Å². The van der Waals surface area contributed by atoms with Crippen LogP contribution in [0, 0.1) is 13.8 Å². The number of halogens is 1. The molecular formula is C22H27ClN6O3S. The number of hydrogen-bond donors (Lipinski definition) is 4. The summed E-state index contributed by atoms with van der Waals surface area (Å²) in [5.41, 5.74) is 3.93. The van der Waals surface area contributed by atoms with Crippen LogP contribution in [0.1, 0.15) is 23.6 Å². The van der Waals surface area contributed by atoms with E-state index in [0.717, 1.165) is 28.1 Å². The van der Waals surface area contributed by atoms with Crippen molar-refractivity contribution in [3.63, 3.8) is 0 Å². The topological polar surface area (TPSA) is 117 Å². The van der Waals surface area contributed by atoms with Gasteiger partial charge < -0.3 is 15.4 Å². The molecule has 0 aliphatic carbocycles. The van der Waals surface area contributed by atoms with Gasteiger partial charge in [0.15, 0.2) is 0 Å². The van der Waals surface area contributed by atoms with Gasteiger partial charge in [0.2, 0.25) is 5.95 Å². The third-order valence-electron chi connectivity index (χ3n) is 4.72. The second-order valence-electron chi connectivity index (χ2n) is 7.26. The SMILES string of the molecule is CCNS(=O)(=O)NCc1ccccc1Nc1nc(Nc2cc(C)c(OC)c(Cl)c2)ncc1C. The first-order valence-electron chi connectivity index (χ1n) is 10.3. The van der Waals surface area contributed by atoms with Crippen molar-refractivity contribution in [1.29, 1.82) is 0 Å². The number of benzene rings is 2. The number of nitrogens with one attached hydrogen (secondary N) is 4. The highest BCUT2D eigenvalue weighted by molar-refractivity contribution is 7.87. The van der Waals surface area contributed by atoms with Crippen LogP contribution in [0.3, 0.4) is 0 Å². The van der Waals surface area contributed by atoms with Crippen LogP contribution in [-0.2, 0) is 16.8 Å². The van der Waals surface area contributed by atoms with Crippen LogP contribution < -0.4 is 24.8 Å². The molecule has 3 rings (SSSR count). The van der Waals surface area contributed by atoms with Crippen LogP contribution in [0.4, 0.5) is 23.1 Å². The summed E-state index contributed by atoms with van der Waals surface area (Å²) in [5, 5.41) is 6.93. The van der Waals surface area contributed by atoms with Gasteiger partial charge in [0.1, 0.15) is 11.6 Å². The van der Waals surface area contributed by atoms with Crippen molar-refractivity contribution >= 4 is 45.0 Å². The number of anilines is 4. The highest BCUT2D eigenvalue weighted by Crippen LogP contribution is 2.32. The molecule has 0 saturated carbocycles. The number of para-hydroxylation sites is 1. The molecule has 0 aliphatic rings. The molecular weight excluding hydrogens is 464 g/mol.